The monoisotopic (exact) mass is 480 g/mol. The van der Waals surface area contributed by atoms with Gasteiger partial charge < -0.3 is 15.0 Å². The Labute approximate surface area is 209 Å². The Morgan fingerprint density at radius 1 is 1.14 bits per heavy atom. The fraction of sp³-hybridized carbons (Fsp3) is 0.607. The first-order valence-electron chi connectivity index (χ1n) is 13.2. The number of rotatable bonds is 7. The number of aromatic nitrogens is 2. The minimum absolute atomic E-state index is 0.0883. The average Bonchev–Trinajstić information content (AvgIpc) is 3.24. The normalized spacial score (nSPS) is 21.4. The summed E-state index contributed by atoms with van der Waals surface area (Å²) in [6.07, 6.45) is 8.00. The molecule has 2 amide bonds. The van der Waals surface area contributed by atoms with Crippen LogP contribution in [0.5, 0.6) is 5.75 Å². The van der Waals surface area contributed by atoms with Crippen LogP contribution in [0.2, 0.25) is 0 Å². The molecule has 2 aliphatic rings. The standard InChI is InChI=1S/C28H40N4O3/c1-5-35-23-15-13-21(14-16-23)18-31-26(33)25-17-24(20(2)3)30-32(25)19-28(31,4)27(34)29-22-11-9-7-6-8-10-12-22/h13-17,20,22H,5-12,18-19H2,1-4H3,(H,29,34)/t28-/m1/s1. The van der Waals surface area contributed by atoms with Gasteiger partial charge in [-0.15, -0.1) is 0 Å². The Morgan fingerprint density at radius 2 is 1.80 bits per heavy atom. The lowest BCUT2D eigenvalue weighted by Gasteiger charge is -2.44. The van der Waals surface area contributed by atoms with Gasteiger partial charge in [0.25, 0.3) is 5.91 Å². The maximum Gasteiger partial charge on any atom is 0.273 e. The van der Waals surface area contributed by atoms with E-state index in [0.29, 0.717) is 25.4 Å². The largest absolute Gasteiger partial charge is 0.494 e. The molecule has 0 saturated heterocycles. The van der Waals surface area contributed by atoms with Gasteiger partial charge >= 0.3 is 0 Å². The number of carbonyl (C=O) groups excluding carboxylic acids is 2. The van der Waals surface area contributed by atoms with E-state index in [1.807, 2.05) is 44.2 Å². The van der Waals surface area contributed by atoms with Crippen LogP contribution in [-0.4, -0.2) is 44.7 Å². The molecule has 1 atom stereocenters. The van der Waals surface area contributed by atoms with Crippen LogP contribution >= 0.6 is 0 Å². The highest BCUT2D eigenvalue weighted by molar-refractivity contribution is 5.99. The molecule has 190 valence electrons. The van der Waals surface area contributed by atoms with Gasteiger partial charge in [0.05, 0.1) is 18.8 Å². The minimum atomic E-state index is -1.04. The molecular weight excluding hydrogens is 440 g/mol. The molecule has 2 aromatic rings. The maximum absolute atomic E-state index is 13.9. The lowest BCUT2D eigenvalue weighted by atomic mass is 9.91. The van der Waals surface area contributed by atoms with E-state index in [-0.39, 0.29) is 23.8 Å². The van der Waals surface area contributed by atoms with Crippen molar-refractivity contribution in [2.24, 2.45) is 0 Å². The molecule has 4 rings (SSSR count). The van der Waals surface area contributed by atoms with E-state index < -0.39 is 5.54 Å². The predicted molar refractivity (Wildman–Crippen MR) is 136 cm³/mol. The van der Waals surface area contributed by atoms with E-state index in [9.17, 15) is 9.59 Å². The van der Waals surface area contributed by atoms with E-state index in [2.05, 4.69) is 19.2 Å². The zero-order valence-corrected chi connectivity index (χ0v) is 21.7. The molecule has 0 spiro atoms. The van der Waals surface area contributed by atoms with E-state index >= 15 is 0 Å². The highest BCUT2D eigenvalue weighted by atomic mass is 16.5. The van der Waals surface area contributed by atoms with E-state index in [1.54, 1.807) is 9.58 Å². The number of carbonyl (C=O) groups is 2. The van der Waals surface area contributed by atoms with Crippen LogP contribution in [0.15, 0.2) is 30.3 Å². The third-order valence-corrected chi connectivity index (χ3v) is 7.41. The molecule has 7 nitrogen and oxygen atoms in total. The van der Waals surface area contributed by atoms with Gasteiger partial charge in [-0.1, -0.05) is 58.1 Å². The number of nitrogens with one attached hydrogen (secondary N) is 1. The fourth-order valence-electron chi connectivity index (χ4n) is 5.17. The van der Waals surface area contributed by atoms with Crippen LogP contribution in [0.1, 0.15) is 100 Å². The summed E-state index contributed by atoms with van der Waals surface area (Å²) in [6, 6.07) is 9.81. The summed E-state index contributed by atoms with van der Waals surface area (Å²) in [4.78, 5) is 29.4. The molecule has 35 heavy (non-hydrogen) atoms. The molecule has 0 radical (unpaired) electrons. The Hall–Kier alpha value is -2.83. The maximum atomic E-state index is 13.9. The Kier molecular flexibility index (Phi) is 7.82. The van der Waals surface area contributed by atoms with Crippen molar-refractivity contribution in [2.45, 2.75) is 103 Å². The van der Waals surface area contributed by atoms with Crippen molar-refractivity contribution < 1.29 is 14.3 Å². The Bertz CT molecular complexity index is 1020. The topological polar surface area (TPSA) is 76.5 Å². The molecule has 1 aromatic heterocycles. The molecule has 0 unspecified atom stereocenters. The quantitative estimate of drug-likeness (QED) is 0.602. The first-order valence-corrected chi connectivity index (χ1v) is 13.2. The van der Waals surface area contributed by atoms with Crippen LogP contribution in [0.3, 0.4) is 0 Å². The second-order valence-electron chi connectivity index (χ2n) is 10.5. The number of hydrogen-bond donors (Lipinski definition) is 1. The number of hydrogen-bond acceptors (Lipinski definition) is 4. The summed E-state index contributed by atoms with van der Waals surface area (Å²) in [5.74, 6) is 0.760. The van der Waals surface area contributed by atoms with Crippen LogP contribution < -0.4 is 10.1 Å². The van der Waals surface area contributed by atoms with Crippen molar-refractivity contribution in [1.29, 1.82) is 0 Å². The van der Waals surface area contributed by atoms with Crippen LogP contribution in [0.4, 0.5) is 0 Å². The third kappa shape index (κ3) is 5.54. The van der Waals surface area contributed by atoms with Crippen LogP contribution in [-0.2, 0) is 17.9 Å². The Balaban J connectivity index is 1.63. The molecule has 7 heteroatoms. The highest BCUT2D eigenvalue weighted by Crippen LogP contribution is 2.31. The lowest BCUT2D eigenvalue weighted by molar-refractivity contribution is -0.134. The molecule has 1 fully saturated rings. The number of fused-ring (bicyclic) bond motifs is 1. The molecule has 0 bridgehead atoms. The number of ether oxygens (including phenoxy) is 1. The first-order chi connectivity index (χ1) is 16.8. The van der Waals surface area contributed by atoms with E-state index in [0.717, 1.165) is 42.7 Å². The summed E-state index contributed by atoms with van der Waals surface area (Å²) < 4.78 is 7.31. The van der Waals surface area contributed by atoms with Crippen molar-refractivity contribution in [3.63, 3.8) is 0 Å². The predicted octanol–water partition coefficient (Wildman–Crippen LogP) is 5.05. The van der Waals surface area contributed by atoms with Crippen LogP contribution in [0.25, 0.3) is 0 Å². The third-order valence-electron chi connectivity index (χ3n) is 7.41. The lowest BCUT2D eigenvalue weighted by Crippen LogP contribution is -2.64. The van der Waals surface area contributed by atoms with Crippen molar-refractivity contribution in [3.05, 3.63) is 47.3 Å². The van der Waals surface area contributed by atoms with Crippen molar-refractivity contribution in [1.82, 2.24) is 20.0 Å². The van der Waals surface area contributed by atoms with E-state index in [1.165, 1.54) is 19.3 Å². The van der Waals surface area contributed by atoms with Crippen LogP contribution in [0, 0.1) is 0 Å². The van der Waals surface area contributed by atoms with Gasteiger partial charge in [-0.25, -0.2) is 0 Å². The second kappa shape index (κ2) is 10.8. The SMILES string of the molecule is CCOc1ccc(CN2C(=O)c3cc(C(C)C)nn3C[C@]2(C)C(=O)NC2CCCCCCC2)cc1. The minimum Gasteiger partial charge on any atom is -0.494 e. The van der Waals surface area contributed by atoms with Gasteiger partial charge in [-0.3, -0.25) is 14.3 Å². The number of nitrogens with zero attached hydrogens (tertiary/aromatic N) is 3. The number of benzene rings is 1. The molecule has 1 aromatic carbocycles. The molecule has 1 N–H and O–H groups in total. The zero-order valence-electron chi connectivity index (χ0n) is 21.7. The van der Waals surface area contributed by atoms with E-state index in [4.69, 9.17) is 9.84 Å². The Morgan fingerprint density at radius 3 is 2.43 bits per heavy atom. The first kappa shape index (κ1) is 25.3. The van der Waals surface area contributed by atoms with Gasteiger partial charge in [0.2, 0.25) is 5.91 Å². The van der Waals surface area contributed by atoms with Gasteiger partial charge in [-0.05, 0) is 56.4 Å². The summed E-state index contributed by atoms with van der Waals surface area (Å²) in [7, 11) is 0. The summed E-state index contributed by atoms with van der Waals surface area (Å²) in [5.41, 5.74) is 1.35. The van der Waals surface area contributed by atoms with Gasteiger partial charge in [-0.2, -0.15) is 5.10 Å². The summed E-state index contributed by atoms with van der Waals surface area (Å²) in [6.45, 7) is 9.27. The van der Waals surface area contributed by atoms with Crippen molar-refractivity contribution in [2.75, 3.05) is 6.61 Å². The second-order valence-corrected chi connectivity index (χ2v) is 10.5. The zero-order chi connectivity index (χ0) is 25.0. The summed E-state index contributed by atoms with van der Waals surface area (Å²) >= 11 is 0. The highest BCUT2D eigenvalue weighted by Gasteiger charge is 2.48. The van der Waals surface area contributed by atoms with Gasteiger partial charge in [0.1, 0.15) is 17.0 Å². The smallest absolute Gasteiger partial charge is 0.273 e. The molecule has 2 heterocycles. The van der Waals surface area contributed by atoms with Crippen molar-refractivity contribution in [3.8, 4) is 5.75 Å². The molecular formula is C28H40N4O3. The van der Waals surface area contributed by atoms with Gasteiger partial charge in [0.15, 0.2) is 0 Å². The average molecular weight is 481 g/mol. The summed E-state index contributed by atoms with van der Waals surface area (Å²) in [5, 5.41) is 8.02. The van der Waals surface area contributed by atoms with Gasteiger partial charge in [0, 0.05) is 12.6 Å². The molecule has 1 aliphatic heterocycles. The number of amides is 2. The molecule has 1 aliphatic carbocycles. The van der Waals surface area contributed by atoms with Crippen molar-refractivity contribution >= 4 is 11.8 Å². The molecule has 1 saturated carbocycles. The fourth-order valence-corrected chi connectivity index (χ4v) is 5.17.